The molecule has 0 aromatic heterocycles. The van der Waals surface area contributed by atoms with Gasteiger partial charge in [0.2, 0.25) is 0 Å². The van der Waals surface area contributed by atoms with Gasteiger partial charge >= 0.3 is 12.2 Å². The van der Waals surface area contributed by atoms with Crippen molar-refractivity contribution in [2.75, 3.05) is 18.4 Å². The summed E-state index contributed by atoms with van der Waals surface area (Å²) in [5, 5.41) is 2.32. The lowest BCUT2D eigenvalue weighted by Gasteiger charge is -2.30. The van der Waals surface area contributed by atoms with Gasteiger partial charge in [-0.1, -0.05) is 18.5 Å². The number of urea groups is 1. The number of piperidine rings is 1. The van der Waals surface area contributed by atoms with Gasteiger partial charge in [-0.3, -0.25) is 0 Å². The molecule has 116 valence electrons. The summed E-state index contributed by atoms with van der Waals surface area (Å²) in [5.74, 6) is 0.537. The van der Waals surface area contributed by atoms with Crippen LogP contribution in [0.1, 0.15) is 25.3 Å². The molecule has 0 spiro atoms. The minimum absolute atomic E-state index is 0.0212. The van der Waals surface area contributed by atoms with E-state index in [-0.39, 0.29) is 10.7 Å². The van der Waals surface area contributed by atoms with Gasteiger partial charge in [-0.05, 0) is 37.0 Å². The molecule has 7 heteroatoms. The van der Waals surface area contributed by atoms with Crippen molar-refractivity contribution >= 4 is 23.3 Å². The van der Waals surface area contributed by atoms with Crippen molar-refractivity contribution in [2.45, 2.75) is 25.9 Å². The zero-order chi connectivity index (χ0) is 15.6. The number of likely N-dealkylation sites (tertiary alicyclic amines) is 1. The van der Waals surface area contributed by atoms with Crippen LogP contribution in [0.2, 0.25) is 5.02 Å². The first-order chi connectivity index (χ1) is 9.77. The third-order valence-corrected chi connectivity index (χ3v) is 3.83. The number of nitrogens with zero attached hydrogens (tertiary/aromatic N) is 1. The van der Waals surface area contributed by atoms with E-state index in [1.807, 2.05) is 0 Å². The Morgan fingerprint density at radius 3 is 2.52 bits per heavy atom. The molecule has 1 fully saturated rings. The highest BCUT2D eigenvalue weighted by molar-refractivity contribution is 6.30. The molecular weight excluding hydrogens is 305 g/mol. The smallest absolute Gasteiger partial charge is 0.325 e. The first-order valence-corrected chi connectivity index (χ1v) is 7.08. The van der Waals surface area contributed by atoms with Crippen molar-refractivity contribution < 1.29 is 18.0 Å². The van der Waals surface area contributed by atoms with Crippen LogP contribution in [0.15, 0.2) is 18.2 Å². The Balaban J connectivity index is 2.14. The van der Waals surface area contributed by atoms with Crippen molar-refractivity contribution in [3.05, 3.63) is 28.8 Å². The summed E-state index contributed by atoms with van der Waals surface area (Å²) >= 11 is 5.60. The lowest BCUT2D eigenvalue weighted by Crippen LogP contribution is -2.40. The van der Waals surface area contributed by atoms with Crippen LogP contribution in [-0.4, -0.2) is 24.0 Å². The zero-order valence-electron chi connectivity index (χ0n) is 11.5. The fraction of sp³-hybridized carbons (Fsp3) is 0.500. The highest BCUT2D eigenvalue weighted by atomic mass is 35.5. The van der Waals surface area contributed by atoms with Crippen molar-refractivity contribution in [1.82, 2.24) is 4.90 Å². The van der Waals surface area contributed by atoms with E-state index in [2.05, 4.69) is 12.2 Å². The van der Waals surface area contributed by atoms with Crippen LogP contribution in [-0.2, 0) is 6.18 Å². The standard InChI is InChI=1S/C14H16ClF3N2O/c1-9-4-6-20(7-5-9)13(21)19-12-3-2-10(15)8-11(12)14(16,17)18/h2-3,8-9H,4-7H2,1H3,(H,19,21). The Labute approximate surface area is 126 Å². The van der Waals surface area contributed by atoms with Crippen LogP contribution >= 0.6 is 11.6 Å². The maximum Gasteiger partial charge on any atom is 0.418 e. The number of anilines is 1. The zero-order valence-corrected chi connectivity index (χ0v) is 12.3. The maximum atomic E-state index is 12.9. The van der Waals surface area contributed by atoms with Crippen LogP contribution in [0.4, 0.5) is 23.7 Å². The summed E-state index contributed by atoms with van der Waals surface area (Å²) in [4.78, 5) is 13.6. The number of hydrogen-bond acceptors (Lipinski definition) is 1. The molecule has 2 amide bonds. The van der Waals surface area contributed by atoms with Gasteiger partial charge in [0.1, 0.15) is 0 Å². The number of alkyl halides is 3. The average Bonchev–Trinajstić information content (AvgIpc) is 2.40. The predicted octanol–water partition coefficient (Wildman–Crippen LogP) is 4.62. The third kappa shape index (κ3) is 4.03. The van der Waals surface area contributed by atoms with E-state index < -0.39 is 17.8 Å². The lowest BCUT2D eigenvalue weighted by atomic mass is 10.00. The summed E-state index contributed by atoms with van der Waals surface area (Å²) in [6, 6.07) is 2.81. The molecule has 0 aliphatic carbocycles. The summed E-state index contributed by atoms with van der Waals surface area (Å²) in [6.07, 6.45) is -2.84. The molecule has 0 saturated carbocycles. The summed E-state index contributed by atoms with van der Waals surface area (Å²) in [7, 11) is 0. The van der Waals surface area contributed by atoms with Crippen LogP contribution in [0.5, 0.6) is 0 Å². The Morgan fingerprint density at radius 2 is 1.95 bits per heavy atom. The number of rotatable bonds is 1. The van der Waals surface area contributed by atoms with Gasteiger partial charge in [0.15, 0.2) is 0 Å². The molecular formula is C14H16ClF3N2O. The van der Waals surface area contributed by atoms with E-state index in [9.17, 15) is 18.0 Å². The summed E-state index contributed by atoms with van der Waals surface area (Å²) < 4.78 is 38.8. The van der Waals surface area contributed by atoms with Gasteiger partial charge in [-0.25, -0.2) is 4.79 Å². The molecule has 1 aromatic carbocycles. The Bertz CT molecular complexity index is 525. The van der Waals surface area contributed by atoms with E-state index >= 15 is 0 Å². The predicted molar refractivity (Wildman–Crippen MR) is 75.4 cm³/mol. The molecule has 3 nitrogen and oxygen atoms in total. The number of amides is 2. The van der Waals surface area contributed by atoms with Crippen molar-refractivity contribution in [3.63, 3.8) is 0 Å². The number of benzene rings is 1. The molecule has 0 atom stereocenters. The van der Waals surface area contributed by atoms with Gasteiger partial charge in [0, 0.05) is 18.1 Å². The molecule has 1 saturated heterocycles. The van der Waals surface area contributed by atoms with E-state index in [4.69, 9.17) is 11.6 Å². The number of carbonyl (C=O) groups excluding carboxylic acids is 1. The molecule has 1 aromatic rings. The Kier molecular flexibility index (Phi) is 4.66. The molecule has 1 aliphatic rings. The SMILES string of the molecule is CC1CCN(C(=O)Nc2ccc(Cl)cc2C(F)(F)F)CC1. The fourth-order valence-corrected chi connectivity index (χ4v) is 2.44. The quantitative estimate of drug-likeness (QED) is 0.804. The van der Waals surface area contributed by atoms with Crippen LogP contribution in [0.25, 0.3) is 0 Å². The molecule has 1 aliphatic heterocycles. The monoisotopic (exact) mass is 320 g/mol. The number of nitrogens with one attached hydrogen (secondary N) is 1. The largest absolute Gasteiger partial charge is 0.418 e. The molecule has 2 rings (SSSR count). The third-order valence-electron chi connectivity index (χ3n) is 3.60. The van der Waals surface area contributed by atoms with Crippen LogP contribution in [0, 0.1) is 5.92 Å². The molecule has 0 bridgehead atoms. The van der Waals surface area contributed by atoms with Crippen LogP contribution < -0.4 is 5.32 Å². The highest BCUT2D eigenvalue weighted by Gasteiger charge is 2.34. The second-order valence-electron chi connectivity index (χ2n) is 5.29. The normalized spacial score (nSPS) is 16.9. The fourth-order valence-electron chi connectivity index (χ4n) is 2.27. The second kappa shape index (κ2) is 6.13. The highest BCUT2D eigenvalue weighted by Crippen LogP contribution is 2.36. The summed E-state index contributed by atoms with van der Waals surface area (Å²) in [6.45, 7) is 3.21. The van der Waals surface area contributed by atoms with E-state index in [0.717, 1.165) is 18.9 Å². The molecule has 0 unspecified atom stereocenters. The Hall–Kier alpha value is -1.43. The Morgan fingerprint density at radius 1 is 1.33 bits per heavy atom. The second-order valence-corrected chi connectivity index (χ2v) is 5.72. The van der Waals surface area contributed by atoms with E-state index in [1.54, 1.807) is 0 Å². The van der Waals surface area contributed by atoms with Crippen molar-refractivity contribution in [3.8, 4) is 0 Å². The van der Waals surface area contributed by atoms with Gasteiger partial charge in [-0.15, -0.1) is 0 Å². The first kappa shape index (κ1) is 15.9. The van der Waals surface area contributed by atoms with E-state index in [1.165, 1.54) is 17.0 Å². The van der Waals surface area contributed by atoms with Gasteiger partial charge in [-0.2, -0.15) is 13.2 Å². The lowest BCUT2D eigenvalue weighted by molar-refractivity contribution is -0.136. The molecule has 1 heterocycles. The average molecular weight is 321 g/mol. The molecule has 1 N–H and O–H groups in total. The molecule has 21 heavy (non-hydrogen) atoms. The number of carbonyl (C=O) groups is 1. The maximum absolute atomic E-state index is 12.9. The van der Waals surface area contributed by atoms with Crippen molar-refractivity contribution in [1.29, 1.82) is 0 Å². The first-order valence-electron chi connectivity index (χ1n) is 6.70. The minimum Gasteiger partial charge on any atom is -0.325 e. The van der Waals surface area contributed by atoms with Gasteiger partial charge in [0.05, 0.1) is 11.3 Å². The van der Waals surface area contributed by atoms with Gasteiger partial charge in [0.25, 0.3) is 0 Å². The topological polar surface area (TPSA) is 32.3 Å². The summed E-state index contributed by atoms with van der Waals surface area (Å²) in [5.41, 5.74) is -1.20. The van der Waals surface area contributed by atoms with Crippen LogP contribution in [0.3, 0.4) is 0 Å². The van der Waals surface area contributed by atoms with E-state index in [0.29, 0.717) is 19.0 Å². The number of hydrogen-bond donors (Lipinski definition) is 1. The van der Waals surface area contributed by atoms with Gasteiger partial charge < -0.3 is 10.2 Å². The van der Waals surface area contributed by atoms with Crippen molar-refractivity contribution in [2.24, 2.45) is 5.92 Å². The minimum atomic E-state index is -4.57. The number of halogens is 4. The molecule has 0 radical (unpaired) electrons.